The van der Waals surface area contributed by atoms with Crippen molar-refractivity contribution in [3.05, 3.63) is 24.3 Å². The Hall–Kier alpha value is -2.13. The van der Waals surface area contributed by atoms with E-state index < -0.39 is 0 Å². The highest BCUT2D eigenvalue weighted by atomic mass is 32.1. The van der Waals surface area contributed by atoms with Crippen molar-refractivity contribution in [3.8, 4) is 11.8 Å². The van der Waals surface area contributed by atoms with Gasteiger partial charge in [0.2, 0.25) is 0 Å². The molecule has 20 heavy (non-hydrogen) atoms. The molecule has 3 rings (SSSR count). The van der Waals surface area contributed by atoms with Gasteiger partial charge in [0, 0.05) is 6.54 Å². The van der Waals surface area contributed by atoms with E-state index in [9.17, 15) is 5.26 Å². The Balaban J connectivity index is 1.99. The quantitative estimate of drug-likeness (QED) is 0.780. The first-order valence-electron chi connectivity index (χ1n) is 6.47. The number of hydrogen-bond acceptors (Lipinski definition) is 5. The van der Waals surface area contributed by atoms with Gasteiger partial charge in [-0.15, -0.1) is 0 Å². The largest absolute Gasteiger partial charge is 0.497 e. The molecule has 0 spiro atoms. The number of hydrazone groups is 1. The van der Waals surface area contributed by atoms with Gasteiger partial charge in [0.25, 0.3) is 0 Å². The molecule has 6 heteroatoms. The molecule has 1 aromatic rings. The first-order valence-corrected chi connectivity index (χ1v) is 6.88. The normalized spacial score (nSPS) is 21.3. The molecule has 2 heterocycles. The summed E-state index contributed by atoms with van der Waals surface area (Å²) in [6.45, 7) is 0.886. The van der Waals surface area contributed by atoms with Crippen molar-refractivity contribution in [2.45, 2.75) is 19.0 Å². The monoisotopic (exact) mass is 286 g/mol. The molecule has 0 bridgehead atoms. The van der Waals surface area contributed by atoms with Crippen LogP contribution in [-0.4, -0.2) is 35.4 Å². The molecule has 102 valence electrons. The minimum atomic E-state index is 0.119. The molecule has 0 radical (unpaired) electrons. The molecule has 0 aromatic heterocycles. The van der Waals surface area contributed by atoms with Crippen LogP contribution in [0, 0.1) is 11.3 Å². The molecule has 1 aromatic carbocycles. The van der Waals surface area contributed by atoms with Gasteiger partial charge in [-0.3, -0.25) is 0 Å². The Kier molecular flexibility index (Phi) is 3.28. The number of anilines is 1. The van der Waals surface area contributed by atoms with E-state index in [1.54, 1.807) is 7.11 Å². The maximum atomic E-state index is 9.19. The Morgan fingerprint density at radius 3 is 2.80 bits per heavy atom. The molecule has 0 N–H and O–H groups in total. The second kappa shape index (κ2) is 5.10. The van der Waals surface area contributed by atoms with Crippen molar-refractivity contribution in [1.82, 2.24) is 4.90 Å². The number of nitriles is 1. The third kappa shape index (κ3) is 2.00. The van der Waals surface area contributed by atoms with Crippen LogP contribution in [0.25, 0.3) is 0 Å². The number of rotatable bonds is 2. The zero-order chi connectivity index (χ0) is 14.1. The third-order valence-electron chi connectivity index (χ3n) is 3.62. The summed E-state index contributed by atoms with van der Waals surface area (Å²) in [6, 6.07) is 9.77. The number of methoxy groups -OCH3 is 1. The molecular formula is C14H14N4OS. The van der Waals surface area contributed by atoms with E-state index in [1.807, 2.05) is 29.3 Å². The average Bonchev–Trinajstić information content (AvgIpc) is 2.98. The van der Waals surface area contributed by atoms with Crippen molar-refractivity contribution in [3.63, 3.8) is 0 Å². The Labute approximate surface area is 123 Å². The molecule has 1 atom stereocenters. The average molecular weight is 286 g/mol. The second-order valence-electron chi connectivity index (χ2n) is 4.72. The van der Waals surface area contributed by atoms with Crippen LogP contribution < -0.4 is 9.75 Å². The highest BCUT2D eigenvalue weighted by molar-refractivity contribution is 7.82. The van der Waals surface area contributed by atoms with E-state index in [1.165, 1.54) is 0 Å². The van der Waals surface area contributed by atoms with Crippen LogP contribution in [0.2, 0.25) is 0 Å². The van der Waals surface area contributed by atoms with Gasteiger partial charge >= 0.3 is 0 Å². The van der Waals surface area contributed by atoms with Crippen molar-refractivity contribution >= 4 is 28.6 Å². The van der Waals surface area contributed by atoms with Gasteiger partial charge in [-0.05, 0) is 37.1 Å². The lowest BCUT2D eigenvalue weighted by Gasteiger charge is -2.38. The Morgan fingerprint density at radius 2 is 2.15 bits per heavy atom. The molecule has 2 aliphatic heterocycles. The summed E-state index contributed by atoms with van der Waals surface area (Å²) in [5.74, 6) is 0.800. The van der Waals surface area contributed by atoms with E-state index in [-0.39, 0.29) is 6.17 Å². The summed E-state index contributed by atoms with van der Waals surface area (Å²) < 4.78 is 5.16. The Morgan fingerprint density at radius 1 is 1.40 bits per heavy atom. The van der Waals surface area contributed by atoms with Crippen LogP contribution in [-0.2, 0) is 0 Å². The van der Waals surface area contributed by atoms with E-state index in [4.69, 9.17) is 17.0 Å². The lowest BCUT2D eigenvalue weighted by molar-refractivity contribution is 0.376. The highest BCUT2D eigenvalue weighted by Gasteiger charge is 2.37. The molecule has 0 saturated carbocycles. The summed E-state index contributed by atoms with van der Waals surface area (Å²) in [5.41, 5.74) is 1.26. The van der Waals surface area contributed by atoms with E-state index >= 15 is 0 Å². The second-order valence-corrected chi connectivity index (χ2v) is 5.11. The molecule has 2 aliphatic rings. The van der Waals surface area contributed by atoms with Gasteiger partial charge in [0.1, 0.15) is 23.0 Å². The summed E-state index contributed by atoms with van der Waals surface area (Å²) in [5, 5.41) is 15.5. The fourth-order valence-electron chi connectivity index (χ4n) is 2.63. The summed E-state index contributed by atoms with van der Waals surface area (Å²) in [4.78, 5) is 2.66. The predicted molar refractivity (Wildman–Crippen MR) is 80.8 cm³/mol. The molecular weight excluding hydrogens is 272 g/mol. The van der Waals surface area contributed by atoms with E-state index in [0.29, 0.717) is 10.7 Å². The predicted octanol–water partition coefficient (Wildman–Crippen LogP) is 2.14. The van der Waals surface area contributed by atoms with E-state index in [2.05, 4.69) is 16.1 Å². The number of nitrogens with zero attached hydrogens (tertiary/aromatic N) is 4. The van der Waals surface area contributed by atoms with Gasteiger partial charge < -0.3 is 9.64 Å². The van der Waals surface area contributed by atoms with Gasteiger partial charge in [-0.25, -0.2) is 5.01 Å². The Bertz CT molecular complexity index is 605. The lowest BCUT2D eigenvalue weighted by atomic mass is 10.2. The minimum absolute atomic E-state index is 0.119. The zero-order valence-corrected chi connectivity index (χ0v) is 11.9. The number of fused-ring (bicyclic) bond motifs is 1. The van der Waals surface area contributed by atoms with Crippen molar-refractivity contribution in [2.75, 3.05) is 18.7 Å². The number of hydrogen-bond donors (Lipinski definition) is 0. The van der Waals surface area contributed by atoms with Crippen LogP contribution in [0.5, 0.6) is 5.75 Å². The van der Waals surface area contributed by atoms with Gasteiger partial charge in [-0.1, -0.05) is 12.2 Å². The smallest absolute Gasteiger partial charge is 0.195 e. The molecule has 0 amide bonds. The summed E-state index contributed by atoms with van der Waals surface area (Å²) in [6.07, 6.45) is 2.17. The summed E-state index contributed by atoms with van der Waals surface area (Å²) in [7, 11) is 1.64. The number of benzene rings is 1. The van der Waals surface area contributed by atoms with Crippen LogP contribution in [0.4, 0.5) is 5.69 Å². The van der Waals surface area contributed by atoms with Gasteiger partial charge in [-0.2, -0.15) is 10.4 Å². The van der Waals surface area contributed by atoms with Crippen LogP contribution >= 0.6 is 12.2 Å². The fraction of sp³-hybridized carbons (Fsp3) is 0.357. The molecule has 1 fully saturated rings. The highest BCUT2D eigenvalue weighted by Crippen LogP contribution is 2.31. The summed E-state index contributed by atoms with van der Waals surface area (Å²) >= 11 is 5.33. The topological polar surface area (TPSA) is 51.9 Å². The minimum Gasteiger partial charge on any atom is -0.497 e. The zero-order valence-electron chi connectivity index (χ0n) is 11.1. The third-order valence-corrected chi connectivity index (χ3v) is 4.05. The maximum Gasteiger partial charge on any atom is 0.195 e. The number of ether oxygens (including phenoxy) is 1. The molecule has 0 aliphatic carbocycles. The van der Waals surface area contributed by atoms with Crippen molar-refractivity contribution < 1.29 is 4.74 Å². The molecule has 5 nitrogen and oxygen atoms in total. The molecule has 1 unspecified atom stereocenters. The maximum absolute atomic E-state index is 9.19. The SMILES string of the molecule is COc1ccc(N2N=C(C#N)C(=S)N3CCCC32)cc1. The van der Waals surface area contributed by atoms with Crippen molar-refractivity contribution in [1.29, 1.82) is 5.26 Å². The standard InChI is InChI=1S/C14H14N4OS/c1-19-11-6-4-10(5-7-11)18-13-3-2-8-17(13)14(20)12(9-15)16-18/h4-7,13H,2-3,8H2,1H3. The van der Waals surface area contributed by atoms with Crippen LogP contribution in [0.1, 0.15) is 12.8 Å². The number of thiocarbonyl (C=S) groups is 1. The first-order chi connectivity index (χ1) is 9.74. The van der Waals surface area contributed by atoms with Crippen molar-refractivity contribution in [2.24, 2.45) is 5.10 Å². The first kappa shape index (κ1) is 12.9. The van der Waals surface area contributed by atoms with Gasteiger partial charge in [0.15, 0.2) is 5.71 Å². The van der Waals surface area contributed by atoms with E-state index in [0.717, 1.165) is 30.8 Å². The fourth-order valence-corrected chi connectivity index (χ4v) is 2.93. The van der Waals surface area contributed by atoms with Gasteiger partial charge in [0.05, 0.1) is 12.8 Å². The van der Waals surface area contributed by atoms with Crippen LogP contribution in [0.15, 0.2) is 29.4 Å². The lowest BCUT2D eigenvalue weighted by Crippen LogP contribution is -2.51. The molecule has 1 saturated heterocycles. The van der Waals surface area contributed by atoms with Crippen LogP contribution in [0.3, 0.4) is 0 Å².